The van der Waals surface area contributed by atoms with Crippen molar-refractivity contribution in [1.29, 1.82) is 0 Å². The zero-order valence-corrected chi connectivity index (χ0v) is 11.6. The molecule has 0 spiro atoms. The van der Waals surface area contributed by atoms with Gasteiger partial charge in [-0.25, -0.2) is 4.39 Å². The first-order valence-corrected chi connectivity index (χ1v) is 6.34. The van der Waals surface area contributed by atoms with Gasteiger partial charge in [0.1, 0.15) is 0 Å². The summed E-state index contributed by atoms with van der Waals surface area (Å²) in [6.07, 6.45) is 0.288. The van der Waals surface area contributed by atoms with E-state index in [9.17, 15) is 9.18 Å². The Labute approximate surface area is 113 Å². The molecule has 0 radical (unpaired) electrons. The maximum atomic E-state index is 13.7. The Morgan fingerprint density at radius 2 is 2.21 bits per heavy atom. The van der Waals surface area contributed by atoms with Crippen LogP contribution in [0.3, 0.4) is 0 Å². The maximum Gasteiger partial charge on any atom is 0.224 e. The van der Waals surface area contributed by atoms with E-state index in [2.05, 4.69) is 0 Å². The van der Waals surface area contributed by atoms with Crippen LogP contribution in [0.15, 0.2) is 18.2 Å². The number of halogens is 1. The van der Waals surface area contributed by atoms with Crippen molar-refractivity contribution >= 4 is 5.91 Å². The third-order valence-corrected chi connectivity index (χ3v) is 2.64. The monoisotopic (exact) mass is 268 g/mol. The van der Waals surface area contributed by atoms with Gasteiger partial charge in [-0.05, 0) is 31.5 Å². The minimum absolute atomic E-state index is 0.0516. The van der Waals surface area contributed by atoms with Crippen LogP contribution in [0.5, 0.6) is 5.75 Å². The molecule has 1 atom stereocenters. The van der Waals surface area contributed by atoms with Gasteiger partial charge in [-0.3, -0.25) is 4.79 Å². The van der Waals surface area contributed by atoms with Gasteiger partial charge in [0.15, 0.2) is 11.6 Å². The van der Waals surface area contributed by atoms with E-state index in [0.717, 1.165) is 5.56 Å². The van der Waals surface area contributed by atoms with Gasteiger partial charge in [-0.2, -0.15) is 0 Å². The lowest BCUT2D eigenvalue weighted by atomic mass is 10.1. The molecule has 19 heavy (non-hydrogen) atoms. The quantitative estimate of drug-likeness (QED) is 0.857. The fourth-order valence-corrected chi connectivity index (χ4v) is 1.71. The summed E-state index contributed by atoms with van der Waals surface area (Å²) in [5, 5.41) is 0. The normalized spacial score (nSPS) is 12.1. The summed E-state index contributed by atoms with van der Waals surface area (Å²) in [6.45, 7) is 4.36. The average Bonchev–Trinajstić information content (AvgIpc) is 2.32. The van der Waals surface area contributed by atoms with Crippen molar-refractivity contribution in [3.8, 4) is 5.75 Å². The van der Waals surface area contributed by atoms with Crippen LogP contribution >= 0.6 is 0 Å². The highest BCUT2D eigenvalue weighted by atomic mass is 19.1. The molecule has 1 aromatic rings. The average molecular weight is 268 g/mol. The van der Waals surface area contributed by atoms with Crippen molar-refractivity contribution in [3.05, 3.63) is 29.6 Å². The Balaban J connectivity index is 2.67. The highest BCUT2D eigenvalue weighted by Crippen LogP contribution is 2.19. The number of nitrogens with zero attached hydrogens (tertiary/aromatic N) is 1. The van der Waals surface area contributed by atoms with E-state index in [1.807, 2.05) is 0 Å². The summed E-state index contributed by atoms with van der Waals surface area (Å²) in [5.74, 6) is -0.229. The number of hydrogen-bond acceptors (Lipinski definition) is 3. The number of carbonyl (C=O) groups is 1. The zero-order chi connectivity index (χ0) is 14.4. The molecule has 1 unspecified atom stereocenters. The molecule has 5 heteroatoms. The SMILES string of the molecule is CCOc1ccc(CN(C)C(=O)CC(C)N)cc1F. The van der Waals surface area contributed by atoms with E-state index in [1.165, 1.54) is 6.07 Å². The summed E-state index contributed by atoms with van der Waals surface area (Å²) in [5.41, 5.74) is 6.30. The molecule has 0 aliphatic carbocycles. The minimum Gasteiger partial charge on any atom is -0.491 e. The number of carbonyl (C=O) groups excluding carboxylic acids is 1. The molecule has 0 aliphatic heterocycles. The van der Waals surface area contributed by atoms with Crippen LogP contribution in [-0.2, 0) is 11.3 Å². The number of nitrogens with two attached hydrogens (primary N) is 1. The highest BCUT2D eigenvalue weighted by molar-refractivity contribution is 5.76. The molecule has 2 N–H and O–H groups in total. The van der Waals surface area contributed by atoms with Gasteiger partial charge in [0, 0.05) is 26.1 Å². The van der Waals surface area contributed by atoms with Crippen molar-refractivity contribution < 1.29 is 13.9 Å². The summed E-state index contributed by atoms with van der Waals surface area (Å²) >= 11 is 0. The molecule has 0 fully saturated rings. The Hall–Kier alpha value is -1.62. The molecule has 1 amide bonds. The van der Waals surface area contributed by atoms with E-state index in [1.54, 1.807) is 37.9 Å². The second-order valence-electron chi connectivity index (χ2n) is 4.63. The highest BCUT2D eigenvalue weighted by Gasteiger charge is 2.12. The van der Waals surface area contributed by atoms with Crippen molar-refractivity contribution in [2.45, 2.75) is 32.9 Å². The third kappa shape index (κ3) is 4.87. The Bertz CT molecular complexity index is 435. The first-order chi connectivity index (χ1) is 8.93. The Kier molecular flexibility index (Phi) is 5.76. The smallest absolute Gasteiger partial charge is 0.224 e. The van der Waals surface area contributed by atoms with Crippen LogP contribution in [-0.4, -0.2) is 30.5 Å². The lowest BCUT2D eigenvalue weighted by Gasteiger charge is -2.18. The van der Waals surface area contributed by atoms with Crippen molar-refractivity contribution in [1.82, 2.24) is 4.90 Å². The lowest BCUT2D eigenvalue weighted by molar-refractivity contribution is -0.130. The molecule has 0 saturated heterocycles. The van der Waals surface area contributed by atoms with Crippen LogP contribution in [0, 0.1) is 5.82 Å². The molecule has 1 rings (SSSR count). The predicted molar refractivity (Wildman–Crippen MR) is 72.3 cm³/mol. The summed E-state index contributed by atoms with van der Waals surface area (Å²) in [7, 11) is 1.68. The standard InChI is InChI=1S/C14H21FN2O2/c1-4-19-13-6-5-11(8-12(13)15)9-17(3)14(18)7-10(2)16/h5-6,8,10H,4,7,9,16H2,1-3H3. The molecular formula is C14H21FN2O2. The Morgan fingerprint density at radius 3 is 2.74 bits per heavy atom. The maximum absolute atomic E-state index is 13.7. The van der Waals surface area contributed by atoms with E-state index in [0.29, 0.717) is 13.2 Å². The minimum atomic E-state index is -0.410. The van der Waals surface area contributed by atoms with E-state index >= 15 is 0 Å². The van der Waals surface area contributed by atoms with Gasteiger partial charge in [-0.1, -0.05) is 6.07 Å². The van der Waals surface area contributed by atoms with E-state index in [4.69, 9.17) is 10.5 Å². The molecule has 0 bridgehead atoms. The van der Waals surface area contributed by atoms with Gasteiger partial charge in [0.05, 0.1) is 6.61 Å². The van der Waals surface area contributed by atoms with Crippen LogP contribution in [0.4, 0.5) is 4.39 Å². The van der Waals surface area contributed by atoms with Crippen molar-refractivity contribution in [2.24, 2.45) is 5.73 Å². The van der Waals surface area contributed by atoms with E-state index in [-0.39, 0.29) is 24.1 Å². The van der Waals surface area contributed by atoms with Gasteiger partial charge >= 0.3 is 0 Å². The molecule has 106 valence electrons. The number of benzene rings is 1. The van der Waals surface area contributed by atoms with Crippen LogP contribution in [0.2, 0.25) is 0 Å². The zero-order valence-electron chi connectivity index (χ0n) is 11.6. The first-order valence-electron chi connectivity index (χ1n) is 6.34. The van der Waals surface area contributed by atoms with Gasteiger partial charge < -0.3 is 15.4 Å². The topological polar surface area (TPSA) is 55.6 Å². The molecule has 0 saturated carbocycles. The van der Waals surface area contributed by atoms with Crippen LogP contribution in [0.1, 0.15) is 25.8 Å². The van der Waals surface area contributed by atoms with Gasteiger partial charge in [-0.15, -0.1) is 0 Å². The number of rotatable bonds is 6. The second kappa shape index (κ2) is 7.09. The summed E-state index contributed by atoms with van der Waals surface area (Å²) in [6, 6.07) is 4.55. The van der Waals surface area contributed by atoms with Gasteiger partial charge in [0.2, 0.25) is 5.91 Å². The molecule has 0 aliphatic rings. The first kappa shape index (κ1) is 15.4. The molecular weight excluding hydrogens is 247 g/mol. The van der Waals surface area contributed by atoms with Crippen molar-refractivity contribution in [3.63, 3.8) is 0 Å². The molecule has 0 heterocycles. The number of amides is 1. The van der Waals surface area contributed by atoms with Crippen LogP contribution in [0.25, 0.3) is 0 Å². The largest absolute Gasteiger partial charge is 0.491 e. The second-order valence-corrected chi connectivity index (χ2v) is 4.63. The predicted octanol–water partition coefficient (Wildman–Crippen LogP) is 1.92. The molecule has 0 aromatic heterocycles. The molecule has 1 aromatic carbocycles. The number of hydrogen-bond donors (Lipinski definition) is 1. The summed E-state index contributed by atoms with van der Waals surface area (Å²) in [4.78, 5) is 13.3. The third-order valence-electron chi connectivity index (χ3n) is 2.64. The fourth-order valence-electron chi connectivity index (χ4n) is 1.71. The number of ether oxygens (including phenoxy) is 1. The summed E-state index contributed by atoms with van der Waals surface area (Å²) < 4.78 is 18.8. The van der Waals surface area contributed by atoms with Gasteiger partial charge in [0.25, 0.3) is 0 Å². The fraction of sp³-hybridized carbons (Fsp3) is 0.500. The van der Waals surface area contributed by atoms with Crippen LogP contribution < -0.4 is 10.5 Å². The molecule has 4 nitrogen and oxygen atoms in total. The van der Waals surface area contributed by atoms with E-state index < -0.39 is 5.82 Å². The van der Waals surface area contributed by atoms with Crippen molar-refractivity contribution in [2.75, 3.05) is 13.7 Å². The Morgan fingerprint density at radius 1 is 1.53 bits per heavy atom. The lowest BCUT2D eigenvalue weighted by Crippen LogP contribution is -2.31.